The van der Waals surface area contributed by atoms with Crippen molar-refractivity contribution >= 4 is 22.4 Å². The molecule has 4 rings (SSSR count). The van der Waals surface area contributed by atoms with E-state index in [9.17, 15) is 8.78 Å². The van der Waals surface area contributed by atoms with Gasteiger partial charge in [0.25, 0.3) is 0 Å². The molecule has 0 fully saturated rings. The van der Waals surface area contributed by atoms with Crippen molar-refractivity contribution in [1.29, 1.82) is 0 Å². The summed E-state index contributed by atoms with van der Waals surface area (Å²) in [5.41, 5.74) is 2.86. The van der Waals surface area contributed by atoms with E-state index in [0.717, 1.165) is 35.4 Å². The molecule has 2 aromatic heterocycles. The van der Waals surface area contributed by atoms with Crippen molar-refractivity contribution in [3.8, 4) is 17.1 Å². The fourth-order valence-corrected chi connectivity index (χ4v) is 3.27. The van der Waals surface area contributed by atoms with Gasteiger partial charge in [0.2, 0.25) is 0 Å². The summed E-state index contributed by atoms with van der Waals surface area (Å²) in [4.78, 5) is 13.5. The number of anilines is 2. The lowest BCUT2D eigenvalue weighted by Gasteiger charge is -2.17. The Morgan fingerprint density at radius 1 is 1.03 bits per heavy atom. The van der Waals surface area contributed by atoms with Crippen molar-refractivity contribution < 1.29 is 13.5 Å². The topological polar surface area (TPSA) is 59.9 Å². The minimum atomic E-state index is -0.937. The third-order valence-corrected chi connectivity index (χ3v) is 4.72. The van der Waals surface area contributed by atoms with Crippen molar-refractivity contribution in [2.24, 2.45) is 0 Å². The number of nitrogens with one attached hydrogen (secondary N) is 1. The zero-order valence-electron chi connectivity index (χ0n) is 17.5. The van der Waals surface area contributed by atoms with Gasteiger partial charge >= 0.3 is 0 Å². The first-order valence-electron chi connectivity index (χ1n) is 10.1. The largest absolute Gasteiger partial charge is 0.491 e. The van der Waals surface area contributed by atoms with Crippen LogP contribution in [-0.2, 0) is 6.42 Å². The van der Waals surface area contributed by atoms with E-state index in [4.69, 9.17) is 9.72 Å². The van der Waals surface area contributed by atoms with Crippen molar-refractivity contribution in [1.82, 2.24) is 15.0 Å². The van der Waals surface area contributed by atoms with E-state index < -0.39 is 11.6 Å². The van der Waals surface area contributed by atoms with Crippen molar-refractivity contribution in [2.75, 3.05) is 5.32 Å². The molecule has 31 heavy (non-hydrogen) atoms. The average molecular weight is 420 g/mol. The number of halogens is 2. The molecule has 0 bridgehead atoms. The van der Waals surface area contributed by atoms with Gasteiger partial charge in [-0.3, -0.25) is 4.98 Å². The van der Waals surface area contributed by atoms with Gasteiger partial charge in [0, 0.05) is 35.1 Å². The number of hydrogen-bond acceptors (Lipinski definition) is 5. The van der Waals surface area contributed by atoms with Crippen LogP contribution in [0.15, 0.2) is 54.9 Å². The summed E-state index contributed by atoms with van der Waals surface area (Å²) < 4.78 is 33.1. The Balaban J connectivity index is 1.91. The normalized spacial score (nSPS) is 11.2. The fourth-order valence-electron chi connectivity index (χ4n) is 3.27. The van der Waals surface area contributed by atoms with Gasteiger partial charge in [-0.1, -0.05) is 6.92 Å². The molecule has 4 aromatic rings. The highest BCUT2D eigenvalue weighted by molar-refractivity contribution is 5.94. The molecule has 158 valence electrons. The molecule has 0 saturated carbocycles. The van der Waals surface area contributed by atoms with Crippen LogP contribution >= 0.6 is 0 Å². The Morgan fingerprint density at radius 3 is 2.55 bits per heavy atom. The third-order valence-electron chi connectivity index (χ3n) is 4.72. The smallest absolute Gasteiger partial charge is 0.163 e. The Bertz CT molecular complexity index is 1230. The molecule has 1 N–H and O–H groups in total. The van der Waals surface area contributed by atoms with Crippen LogP contribution in [0.5, 0.6) is 5.75 Å². The summed E-state index contributed by atoms with van der Waals surface area (Å²) in [6, 6.07) is 11.2. The Kier molecular flexibility index (Phi) is 5.75. The molecule has 0 atom stereocenters. The second-order valence-corrected chi connectivity index (χ2v) is 7.39. The minimum Gasteiger partial charge on any atom is -0.491 e. The fraction of sp³-hybridized carbons (Fsp3) is 0.208. The van der Waals surface area contributed by atoms with E-state index >= 15 is 0 Å². The molecular formula is C24H22F2N4O. The summed E-state index contributed by atoms with van der Waals surface area (Å²) in [7, 11) is 0. The molecule has 0 unspecified atom stereocenters. The Hall–Kier alpha value is -3.61. The summed E-state index contributed by atoms with van der Waals surface area (Å²) in [5, 5.41) is 3.82. The third kappa shape index (κ3) is 4.45. The van der Waals surface area contributed by atoms with Crippen molar-refractivity contribution in [3.05, 3.63) is 72.1 Å². The molecule has 0 spiro atoms. The molecule has 0 aliphatic rings. The first-order chi connectivity index (χ1) is 14.9. The summed E-state index contributed by atoms with van der Waals surface area (Å²) in [6.07, 6.45) is 4.13. The second kappa shape index (κ2) is 8.63. The SMILES string of the molecule is CCc1cc2nc(-c3cccnc3)nc(Nc3ccc(F)c(F)c3)c2cc1OC(C)C. The zero-order valence-corrected chi connectivity index (χ0v) is 17.5. The molecule has 0 aliphatic carbocycles. The lowest BCUT2D eigenvalue weighted by atomic mass is 10.1. The molecule has 2 heterocycles. The molecule has 0 aliphatic heterocycles. The van der Waals surface area contributed by atoms with Crippen LogP contribution in [0, 0.1) is 11.6 Å². The number of fused-ring (bicyclic) bond motifs is 1. The van der Waals surface area contributed by atoms with Crippen LogP contribution in [0.1, 0.15) is 26.3 Å². The first kappa shape index (κ1) is 20.7. The zero-order chi connectivity index (χ0) is 22.0. The maximum atomic E-state index is 13.8. The highest BCUT2D eigenvalue weighted by Gasteiger charge is 2.15. The Morgan fingerprint density at radius 2 is 1.87 bits per heavy atom. The van der Waals surface area contributed by atoms with Crippen LogP contribution in [-0.4, -0.2) is 21.1 Å². The van der Waals surface area contributed by atoms with Gasteiger partial charge in [0.05, 0.1) is 11.6 Å². The Labute approximate surface area is 179 Å². The van der Waals surface area contributed by atoms with E-state index in [0.29, 0.717) is 28.2 Å². The lowest BCUT2D eigenvalue weighted by Crippen LogP contribution is -2.08. The number of aromatic nitrogens is 3. The number of ether oxygens (including phenoxy) is 1. The summed E-state index contributed by atoms with van der Waals surface area (Å²) >= 11 is 0. The van der Waals surface area contributed by atoms with Gasteiger partial charge in [-0.2, -0.15) is 0 Å². The number of rotatable bonds is 6. The average Bonchev–Trinajstić information content (AvgIpc) is 2.76. The molecular weight excluding hydrogens is 398 g/mol. The molecule has 7 heteroatoms. The second-order valence-electron chi connectivity index (χ2n) is 7.39. The number of nitrogens with zero attached hydrogens (tertiary/aromatic N) is 3. The minimum absolute atomic E-state index is 0.000869. The number of benzene rings is 2. The lowest BCUT2D eigenvalue weighted by molar-refractivity contribution is 0.240. The number of aryl methyl sites for hydroxylation is 1. The summed E-state index contributed by atoms with van der Waals surface area (Å²) in [5.74, 6) is -0.158. The van der Waals surface area contributed by atoms with Crippen LogP contribution in [0.25, 0.3) is 22.3 Å². The predicted molar refractivity (Wildman–Crippen MR) is 118 cm³/mol. The monoisotopic (exact) mass is 420 g/mol. The number of hydrogen-bond donors (Lipinski definition) is 1. The van der Waals surface area contributed by atoms with Crippen LogP contribution in [0.4, 0.5) is 20.3 Å². The summed E-state index contributed by atoms with van der Waals surface area (Å²) in [6.45, 7) is 5.98. The quantitative estimate of drug-likeness (QED) is 0.411. The van der Waals surface area contributed by atoms with Crippen molar-refractivity contribution in [2.45, 2.75) is 33.3 Å². The van der Waals surface area contributed by atoms with Crippen LogP contribution in [0.2, 0.25) is 0 Å². The molecule has 0 amide bonds. The van der Waals surface area contributed by atoms with E-state index in [1.807, 2.05) is 38.1 Å². The maximum absolute atomic E-state index is 13.8. The maximum Gasteiger partial charge on any atom is 0.163 e. The van der Waals surface area contributed by atoms with E-state index in [2.05, 4.69) is 22.2 Å². The van der Waals surface area contributed by atoms with E-state index in [1.165, 1.54) is 6.07 Å². The first-order valence-corrected chi connectivity index (χ1v) is 10.1. The molecule has 2 aromatic carbocycles. The standard InChI is InChI=1S/C24H22F2N4O/c1-4-15-10-21-18(12-22(15)31-14(2)3)24(28-17-7-8-19(25)20(26)11-17)30-23(29-21)16-6-5-9-27-13-16/h5-14H,4H2,1-3H3,(H,28,29,30). The highest BCUT2D eigenvalue weighted by atomic mass is 19.2. The van der Waals surface area contributed by atoms with Crippen LogP contribution < -0.4 is 10.1 Å². The van der Waals surface area contributed by atoms with Gasteiger partial charge < -0.3 is 10.1 Å². The van der Waals surface area contributed by atoms with Crippen LogP contribution in [0.3, 0.4) is 0 Å². The van der Waals surface area contributed by atoms with Gasteiger partial charge in [-0.15, -0.1) is 0 Å². The van der Waals surface area contributed by atoms with Crippen molar-refractivity contribution in [3.63, 3.8) is 0 Å². The van der Waals surface area contributed by atoms with Gasteiger partial charge in [-0.25, -0.2) is 18.7 Å². The number of pyridine rings is 1. The molecule has 0 radical (unpaired) electrons. The van der Waals surface area contributed by atoms with E-state index in [1.54, 1.807) is 12.4 Å². The highest BCUT2D eigenvalue weighted by Crippen LogP contribution is 2.33. The van der Waals surface area contributed by atoms with Gasteiger partial charge in [-0.05, 0) is 62.2 Å². The van der Waals surface area contributed by atoms with E-state index in [-0.39, 0.29) is 6.10 Å². The molecule has 5 nitrogen and oxygen atoms in total. The predicted octanol–water partition coefficient (Wildman–Crippen LogP) is 6.06. The molecule has 0 saturated heterocycles. The van der Waals surface area contributed by atoms with Gasteiger partial charge in [0.15, 0.2) is 17.5 Å². The van der Waals surface area contributed by atoms with Gasteiger partial charge in [0.1, 0.15) is 11.6 Å².